The molecule has 0 amide bonds. The molecule has 0 aromatic heterocycles. The molecular weight excluding hydrogens is 254 g/mol. The van der Waals surface area contributed by atoms with Gasteiger partial charge in [0.15, 0.2) is 5.78 Å². The summed E-state index contributed by atoms with van der Waals surface area (Å²) >= 11 is 0. The molecule has 1 saturated heterocycles. The minimum absolute atomic E-state index is 0.0773. The second-order valence-corrected chi connectivity index (χ2v) is 4.97. The Labute approximate surface area is 120 Å². The van der Waals surface area contributed by atoms with Crippen LogP contribution in [0.15, 0.2) is 24.3 Å². The lowest BCUT2D eigenvalue weighted by molar-refractivity contribution is -0.0464. The standard InChI is InChI=1S/C16H23NO3/c1-3-15(18)14-7-5-6-8-16(14)20-12-13-11-17(4-2)9-10-19-13/h5-8,13H,3-4,9-12H2,1-2H3. The van der Waals surface area contributed by atoms with Gasteiger partial charge in [-0.3, -0.25) is 9.69 Å². The van der Waals surface area contributed by atoms with Crippen LogP contribution in [0.5, 0.6) is 5.75 Å². The molecule has 4 heteroatoms. The Balaban J connectivity index is 1.95. The van der Waals surface area contributed by atoms with Gasteiger partial charge >= 0.3 is 0 Å². The predicted octanol–water partition coefficient (Wildman–Crippen LogP) is 2.38. The van der Waals surface area contributed by atoms with Crippen molar-refractivity contribution in [1.82, 2.24) is 4.90 Å². The van der Waals surface area contributed by atoms with E-state index in [2.05, 4.69) is 11.8 Å². The molecule has 20 heavy (non-hydrogen) atoms. The van der Waals surface area contributed by atoms with E-state index in [1.807, 2.05) is 31.2 Å². The molecule has 1 aliphatic rings. The maximum atomic E-state index is 11.9. The van der Waals surface area contributed by atoms with Crippen LogP contribution in [-0.2, 0) is 4.74 Å². The number of ketones is 1. The number of hydrogen-bond donors (Lipinski definition) is 0. The first-order chi connectivity index (χ1) is 9.74. The summed E-state index contributed by atoms with van der Waals surface area (Å²) < 4.78 is 11.5. The molecule has 1 heterocycles. The lowest BCUT2D eigenvalue weighted by Crippen LogP contribution is -2.44. The monoisotopic (exact) mass is 277 g/mol. The van der Waals surface area contributed by atoms with Crippen LogP contribution < -0.4 is 4.74 Å². The van der Waals surface area contributed by atoms with Crippen LogP contribution in [-0.4, -0.2) is 49.6 Å². The van der Waals surface area contributed by atoms with Gasteiger partial charge in [-0.15, -0.1) is 0 Å². The molecular formula is C16H23NO3. The quantitative estimate of drug-likeness (QED) is 0.748. The molecule has 1 fully saturated rings. The summed E-state index contributed by atoms with van der Waals surface area (Å²) in [5.74, 6) is 0.775. The number of carbonyl (C=O) groups is 1. The number of hydrogen-bond acceptors (Lipinski definition) is 4. The summed E-state index contributed by atoms with van der Waals surface area (Å²) in [5, 5.41) is 0. The zero-order valence-corrected chi connectivity index (χ0v) is 12.3. The molecule has 1 atom stereocenters. The number of para-hydroxylation sites is 1. The van der Waals surface area contributed by atoms with Crippen molar-refractivity contribution in [3.8, 4) is 5.75 Å². The fraction of sp³-hybridized carbons (Fsp3) is 0.562. The molecule has 0 N–H and O–H groups in total. The molecule has 0 saturated carbocycles. The highest BCUT2D eigenvalue weighted by Gasteiger charge is 2.20. The number of rotatable bonds is 6. The number of likely N-dealkylation sites (N-methyl/N-ethyl adjacent to an activating group) is 1. The van der Waals surface area contributed by atoms with Gasteiger partial charge in [-0.05, 0) is 18.7 Å². The Kier molecular flexibility index (Phi) is 5.56. The van der Waals surface area contributed by atoms with Crippen molar-refractivity contribution in [3.05, 3.63) is 29.8 Å². The highest BCUT2D eigenvalue weighted by molar-refractivity contribution is 5.98. The van der Waals surface area contributed by atoms with E-state index in [0.29, 0.717) is 24.3 Å². The molecule has 0 radical (unpaired) electrons. The fourth-order valence-corrected chi connectivity index (χ4v) is 2.36. The van der Waals surface area contributed by atoms with E-state index in [1.54, 1.807) is 0 Å². The Bertz CT molecular complexity index is 447. The van der Waals surface area contributed by atoms with Gasteiger partial charge in [0.1, 0.15) is 18.5 Å². The van der Waals surface area contributed by atoms with Crippen molar-refractivity contribution in [3.63, 3.8) is 0 Å². The molecule has 1 aliphatic heterocycles. The topological polar surface area (TPSA) is 38.8 Å². The van der Waals surface area contributed by atoms with Crippen molar-refractivity contribution >= 4 is 5.78 Å². The molecule has 0 spiro atoms. The lowest BCUT2D eigenvalue weighted by atomic mass is 10.1. The predicted molar refractivity (Wildman–Crippen MR) is 78.4 cm³/mol. The van der Waals surface area contributed by atoms with Gasteiger partial charge in [-0.25, -0.2) is 0 Å². The average molecular weight is 277 g/mol. The molecule has 4 nitrogen and oxygen atoms in total. The van der Waals surface area contributed by atoms with Crippen LogP contribution in [0, 0.1) is 0 Å². The first-order valence-corrected chi connectivity index (χ1v) is 7.33. The van der Waals surface area contributed by atoms with E-state index < -0.39 is 0 Å². The van der Waals surface area contributed by atoms with Crippen molar-refractivity contribution in [2.45, 2.75) is 26.4 Å². The molecule has 1 aromatic rings. The number of morpholine rings is 1. The number of carbonyl (C=O) groups excluding carboxylic acids is 1. The van der Waals surface area contributed by atoms with Crippen molar-refractivity contribution < 1.29 is 14.3 Å². The minimum Gasteiger partial charge on any atom is -0.490 e. The van der Waals surface area contributed by atoms with Gasteiger partial charge in [-0.1, -0.05) is 26.0 Å². The van der Waals surface area contributed by atoms with Crippen molar-refractivity contribution in [2.24, 2.45) is 0 Å². The van der Waals surface area contributed by atoms with Crippen LogP contribution in [0.3, 0.4) is 0 Å². The fourth-order valence-electron chi connectivity index (χ4n) is 2.36. The van der Waals surface area contributed by atoms with Gasteiger partial charge in [-0.2, -0.15) is 0 Å². The average Bonchev–Trinajstić information content (AvgIpc) is 2.52. The van der Waals surface area contributed by atoms with Crippen molar-refractivity contribution in [2.75, 3.05) is 32.8 Å². The van der Waals surface area contributed by atoms with E-state index in [9.17, 15) is 4.79 Å². The SMILES string of the molecule is CCC(=O)c1ccccc1OCC1CN(CC)CCO1. The highest BCUT2D eigenvalue weighted by Crippen LogP contribution is 2.20. The molecule has 1 aromatic carbocycles. The molecule has 110 valence electrons. The summed E-state index contributed by atoms with van der Waals surface area (Å²) in [5.41, 5.74) is 0.665. The van der Waals surface area contributed by atoms with Gasteiger partial charge in [0.25, 0.3) is 0 Å². The normalized spacial score (nSPS) is 19.8. The van der Waals surface area contributed by atoms with Crippen LogP contribution in [0.2, 0.25) is 0 Å². The third-order valence-electron chi connectivity index (χ3n) is 3.60. The highest BCUT2D eigenvalue weighted by atomic mass is 16.5. The summed E-state index contributed by atoms with van der Waals surface area (Å²) in [6, 6.07) is 7.43. The Morgan fingerprint density at radius 1 is 1.40 bits per heavy atom. The van der Waals surface area contributed by atoms with Crippen molar-refractivity contribution in [1.29, 1.82) is 0 Å². The van der Waals surface area contributed by atoms with Gasteiger partial charge in [0.2, 0.25) is 0 Å². The lowest BCUT2D eigenvalue weighted by Gasteiger charge is -2.31. The smallest absolute Gasteiger partial charge is 0.166 e. The van der Waals surface area contributed by atoms with Crippen LogP contribution in [0.1, 0.15) is 30.6 Å². The number of ether oxygens (including phenoxy) is 2. The van der Waals surface area contributed by atoms with E-state index in [4.69, 9.17) is 9.47 Å². The summed E-state index contributed by atoms with van der Waals surface area (Å²) in [4.78, 5) is 14.2. The second kappa shape index (κ2) is 7.41. The number of nitrogens with zero attached hydrogens (tertiary/aromatic N) is 1. The number of benzene rings is 1. The van der Waals surface area contributed by atoms with Crippen LogP contribution >= 0.6 is 0 Å². The van der Waals surface area contributed by atoms with E-state index in [1.165, 1.54) is 0 Å². The van der Waals surface area contributed by atoms with Gasteiger partial charge in [0.05, 0.1) is 12.2 Å². The van der Waals surface area contributed by atoms with Gasteiger partial charge in [0, 0.05) is 19.5 Å². The number of Topliss-reactive ketones (excluding diaryl/α,β-unsaturated/α-hetero) is 1. The minimum atomic E-state index is 0.0773. The van der Waals surface area contributed by atoms with Crippen LogP contribution in [0.25, 0.3) is 0 Å². The summed E-state index contributed by atoms with van der Waals surface area (Å²) in [6.45, 7) is 8.16. The maximum absolute atomic E-state index is 11.9. The Morgan fingerprint density at radius 2 is 2.20 bits per heavy atom. The second-order valence-electron chi connectivity index (χ2n) is 4.97. The van der Waals surface area contributed by atoms with E-state index >= 15 is 0 Å². The molecule has 2 rings (SSSR count). The first-order valence-electron chi connectivity index (χ1n) is 7.33. The summed E-state index contributed by atoms with van der Waals surface area (Å²) in [7, 11) is 0. The molecule has 1 unspecified atom stereocenters. The maximum Gasteiger partial charge on any atom is 0.166 e. The van der Waals surface area contributed by atoms with Gasteiger partial charge < -0.3 is 9.47 Å². The third-order valence-corrected chi connectivity index (χ3v) is 3.60. The third kappa shape index (κ3) is 3.81. The van der Waals surface area contributed by atoms with E-state index in [0.717, 1.165) is 26.2 Å². The van der Waals surface area contributed by atoms with Crippen LogP contribution in [0.4, 0.5) is 0 Å². The molecule has 0 bridgehead atoms. The first kappa shape index (κ1) is 15.0. The summed E-state index contributed by atoms with van der Waals surface area (Å²) in [6.07, 6.45) is 0.567. The zero-order chi connectivity index (χ0) is 14.4. The zero-order valence-electron chi connectivity index (χ0n) is 12.3. The van der Waals surface area contributed by atoms with E-state index in [-0.39, 0.29) is 11.9 Å². The molecule has 0 aliphatic carbocycles. The Morgan fingerprint density at radius 3 is 2.95 bits per heavy atom. The Hall–Kier alpha value is -1.39. The largest absolute Gasteiger partial charge is 0.490 e.